The van der Waals surface area contributed by atoms with E-state index in [9.17, 15) is 18.0 Å². The molecule has 0 radical (unpaired) electrons. The van der Waals surface area contributed by atoms with Crippen LogP contribution in [-0.4, -0.2) is 25.7 Å². The van der Waals surface area contributed by atoms with Crippen LogP contribution in [0.5, 0.6) is 0 Å². The number of benzene rings is 1. The minimum atomic E-state index is -4.56. The van der Waals surface area contributed by atoms with Crippen LogP contribution in [0.4, 0.5) is 13.2 Å². The van der Waals surface area contributed by atoms with Crippen molar-refractivity contribution in [1.29, 1.82) is 0 Å². The maximum absolute atomic E-state index is 12.9. The second kappa shape index (κ2) is 6.79. The molecule has 0 aliphatic carbocycles. The summed E-state index contributed by atoms with van der Waals surface area (Å²) in [5, 5.41) is 2.55. The van der Waals surface area contributed by atoms with E-state index in [4.69, 9.17) is 4.74 Å². The number of nitrogens with one attached hydrogen (secondary N) is 1. The first-order chi connectivity index (χ1) is 9.88. The van der Waals surface area contributed by atoms with Crippen molar-refractivity contribution >= 4 is 21.8 Å². The molecule has 1 atom stereocenters. The molecule has 0 bridgehead atoms. The third-order valence-corrected chi connectivity index (χ3v) is 3.89. The summed E-state index contributed by atoms with van der Waals surface area (Å²) in [6, 6.07) is 3.52. The number of rotatable bonds is 4. The highest BCUT2D eigenvalue weighted by atomic mass is 79.9. The lowest BCUT2D eigenvalue weighted by Gasteiger charge is -2.14. The van der Waals surface area contributed by atoms with Gasteiger partial charge in [-0.3, -0.25) is 4.79 Å². The molecule has 3 nitrogen and oxygen atoms in total. The number of halogens is 4. The molecule has 1 aliphatic rings. The van der Waals surface area contributed by atoms with Crippen LogP contribution in [0.25, 0.3) is 0 Å². The Labute approximate surface area is 129 Å². The van der Waals surface area contributed by atoms with Crippen molar-refractivity contribution in [2.45, 2.75) is 19.0 Å². The Hall–Kier alpha value is -1.08. The van der Waals surface area contributed by atoms with Crippen LogP contribution in [0.2, 0.25) is 0 Å². The van der Waals surface area contributed by atoms with Gasteiger partial charge in [0.1, 0.15) is 0 Å². The largest absolute Gasteiger partial charge is 0.417 e. The molecule has 116 valence electrons. The van der Waals surface area contributed by atoms with Gasteiger partial charge in [-0.05, 0) is 37.0 Å². The van der Waals surface area contributed by atoms with Gasteiger partial charge in [0.15, 0.2) is 0 Å². The van der Waals surface area contributed by atoms with Crippen LogP contribution in [0.3, 0.4) is 0 Å². The zero-order chi connectivity index (χ0) is 15.5. The Kier molecular flexibility index (Phi) is 5.27. The molecule has 1 unspecified atom stereocenters. The summed E-state index contributed by atoms with van der Waals surface area (Å²) in [7, 11) is 0. The summed E-state index contributed by atoms with van der Waals surface area (Å²) >= 11 is 2.99. The van der Waals surface area contributed by atoms with Crippen LogP contribution in [0.1, 0.15) is 28.8 Å². The van der Waals surface area contributed by atoms with Crippen molar-refractivity contribution in [1.82, 2.24) is 5.32 Å². The Morgan fingerprint density at radius 1 is 1.43 bits per heavy atom. The summed E-state index contributed by atoms with van der Waals surface area (Å²) in [6.45, 7) is 1.71. The standard InChI is InChI=1S/C14H15BrF3NO2/c15-10-1-2-11(12(7-10)14(16,17)18)13(20)19-5-3-9-4-6-21-8-9/h1-2,7,9H,3-6,8H2,(H,19,20). The van der Waals surface area contributed by atoms with E-state index in [0.29, 0.717) is 32.1 Å². The first-order valence-electron chi connectivity index (χ1n) is 6.60. The molecule has 1 saturated heterocycles. The first-order valence-corrected chi connectivity index (χ1v) is 7.40. The molecule has 7 heteroatoms. The molecule has 1 N–H and O–H groups in total. The SMILES string of the molecule is O=C(NCCC1CCOC1)c1ccc(Br)cc1C(F)(F)F. The molecular formula is C14H15BrF3NO2. The summed E-state index contributed by atoms with van der Waals surface area (Å²) in [4.78, 5) is 11.9. The summed E-state index contributed by atoms with van der Waals surface area (Å²) in [6.07, 6.45) is -2.92. The topological polar surface area (TPSA) is 38.3 Å². The summed E-state index contributed by atoms with van der Waals surface area (Å²) < 4.78 is 44.3. The predicted molar refractivity (Wildman–Crippen MR) is 75.0 cm³/mol. The van der Waals surface area contributed by atoms with Crippen molar-refractivity contribution in [3.05, 3.63) is 33.8 Å². The van der Waals surface area contributed by atoms with Crippen molar-refractivity contribution < 1.29 is 22.7 Å². The molecule has 0 spiro atoms. The van der Waals surface area contributed by atoms with Gasteiger partial charge in [0.2, 0.25) is 0 Å². The molecule has 1 aromatic rings. The fourth-order valence-electron chi connectivity index (χ4n) is 2.25. The van der Waals surface area contributed by atoms with E-state index in [0.717, 1.165) is 12.5 Å². The van der Waals surface area contributed by atoms with Gasteiger partial charge in [-0.2, -0.15) is 13.2 Å². The van der Waals surface area contributed by atoms with Crippen molar-refractivity contribution in [3.63, 3.8) is 0 Å². The average molecular weight is 366 g/mol. The van der Waals surface area contributed by atoms with E-state index in [1.54, 1.807) is 0 Å². The quantitative estimate of drug-likeness (QED) is 0.884. The first kappa shape index (κ1) is 16.3. The van der Waals surface area contributed by atoms with E-state index in [-0.39, 0.29) is 10.0 Å². The maximum atomic E-state index is 12.9. The van der Waals surface area contributed by atoms with Crippen molar-refractivity contribution in [2.75, 3.05) is 19.8 Å². The van der Waals surface area contributed by atoms with Gasteiger partial charge >= 0.3 is 6.18 Å². The van der Waals surface area contributed by atoms with Crippen molar-refractivity contribution in [2.24, 2.45) is 5.92 Å². The van der Waals surface area contributed by atoms with Gasteiger partial charge in [0, 0.05) is 24.2 Å². The Balaban J connectivity index is 2.01. The van der Waals surface area contributed by atoms with E-state index >= 15 is 0 Å². The molecular weight excluding hydrogens is 351 g/mol. The molecule has 21 heavy (non-hydrogen) atoms. The van der Waals surface area contributed by atoms with Gasteiger partial charge in [0.25, 0.3) is 5.91 Å². The number of ether oxygens (including phenoxy) is 1. The lowest BCUT2D eigenvalue weighted by Crippen LogP contribution is -2.28. The highest BCUT2D eigenvalue weighted by molar-refractivity contribution is 9.10. The van der Waals surface area contributed by atoms with Gasteiger partial charge in [0.05, 0.1) is 11.1 Å². The minimum absolute atomic E-state index is 0.287. The smallest absolute Gasteiger partial charge is 0.381 e. The number of carbonyl (C=O) groups excluding carboxylic acids is 1. The zero-order valence-electron chi connectivity index (χ0n) is 11.2. The Morgan fingerprint density at radius 3 is 2.81 bits per heavy atom. The average Bonchev–Trinajstić information content (AvgIpc) is 2.90. The van der Waals surface area contributed by atoms with E-state index in [1.165, 1.54) is 12.1 Å². The Morgan fingerprint density at radius 2 is 2.19 bits per heavy atom. The number of amides is 1. The second-order valence-corrected chi connectivity index (χ2v) is 5.88. The summed E-state index contributed by atoms with van der Waals surface area (Å²) in [5.74, 6) is -0.328. The zero-order valence-corrected chi connectivity index (χ0v) is 12.8. The highest BCUT2D eigenvalue weighted by Crippen LogP contribution is 2.33. The van der Waals surface area contributed by atoms with Gasteiger partial charge in [-0.15, -0.1) is 0 Å². The lowest BCUT2D eigenvalue weighted by atomic mass is 10.0. The molecule has 1 fully saturated rings. The molecule has 0 saturated carbocycles. The maximum Gasteiger partial charge on any atom is 0.417 e. The predicted octanol–water partition coefficient (Wildman–Crippen LogP) is 3.62. The minimum Gasteiger partial charge on any atom is -0.381 e. The highest BCUT2D eigenvalue weighted by Gasteiger charge is 2.35. The van der Waals surface area contributed by atoms with E-state index < -0.39 is 17.6 Å². The molecule has 2 rings (SSSR count). The second-order valence-electron chi connectivity index (χ2n) is 4.96. The number of carbonyl (C=O) groups is 1. The molecule has 1 amide bonds. The molecule has 1 aromatic carbocycles. The molecule has 1 aliphatic heterocycles. The molecule has 1 heterocycles. The Bertz CT molecular complexity index is 513. The van der Waals surface area contributed by atoms with Crippen LogP contribution in [0.15, 0.2) is 22.7 Å². The monoisotopic (exact) mass is 365 g/mol. The third-order valence-electron chi connectivity index (χ3n) is 3.39. The van der Waals surface area contributed by atoms with Gasteiger partial charge in [-0.1, -0.05) is 15.9 Å². The lowest BCUT2D eigenvalue weighted by molar-refractivity contribution is -0.138. The van der Waals surface area contributed by atoms with Gasteiger partial charge in [-0.25, -0.2) is 0 Å². The van der Waals surface area contributed by atoms with Crippen LogP contribution >= 0.6 is 15.9 Å². The molecule has 0 aromatic heterocycles. The number of alkyl halides is 3. The van der Waals surface area contributed by atoms with Crippen molar-refractivity contribution in [3.8, 4) is 0 Å². The van der Waals surface area contributed by atoms with Crippen LogP contribution in [0, 0.1) is 5.92 Å². The summed E-state index contributed by atoms with van der Waals surface area (Å²) in [5.41, 5.74) is -1.29. The van der Waals surface area contributed by atoms with Gasteiger partial charge < -0.3 is 10.1 Å². The fourth-order valence-corrected chi connectivity index (χ4v) is 2.61. The number of hydrogen-bond donors (Lipinski definition) is 1. The van der Waals surface area contributed by atoms with E-state index in [2.05, 4.69) is 21.2 Å². The normalized spacial score (nSPS) is 18.8. The van der Waals surface area contributed by atoms with E-state index in [1.807, 2.05) is 0 Å². The number of hydrogen-bond acceptors (Lipinski definition) is 2. The fraction of sp³-hybridized carbons (Fsp3) is 0.500. The van der Waals surface area contributed by atoms with Crippen LogP contribution < -0.4 is 5.32 Å². The third kappa shape index (κ3) is 4.44. The van der Waals surface area contributed by atoms with Crippen LogP contribution in [-0.2, 0) is 10.9 Å².